The second-order valence-corrected chi connectivity index (χ2v) is 8.98. The fourth-order valence-corrected chi connectivity index (χ4v) is 4.95. The molecule has 1 fully saturated rings. The number of nitrogens with zero attached hydrogens (tertiary/aromatic N) is 2. The Morgan fingerprint density at radius 1 is 1.30 bits per heavy atom. The lowest BCUT2D eigenvalue weighted by molar-refractivity contribution is -0.130. The Morgan fingerprint density at radius 3 is 2.76 bits per heavy atom. The maximum atomic E-state index is 13.1. The van der Waals surface area contributed by atoms with E-state index < -0.39 is 0 Å². The fraction of sp³-hybridized carbons (Fsp3) is 0.429. The van der Waals surface area contributed by atoms with Crippen LogP contribution in [-0.2, 0) is 11.2 Å². The minimum absolute atomic E-state index is 0.00211. The molecule has 2 atom stereocenters. The SMILES string of the molecule is [C-]#[N+]c1cc([C@H]2c3ccc(OC)cc3C[C@H](CCCC)N2C(=O)C#C)ccc1NC1CCC1. The first-order valence-corrected chi connectivity index (χ1v) is 11.8. The van der Waals surface area contributed by atoms with E-state index in [0.717, 1.165) is 61.1 Å². The van der Waals surface area contributed by atoms with Gasteiger partial charge in [0, 0.05) is 17.8 Å². The van der Waals surface area contributed by atoms with Crippen LogP contribution in [0.15, 0.2) is 36.4 Å². The summed E-state index contributed by atoms with van der Waals surface area (Å²) in [4.78, 5) is 18.7. The Labute approximate surface area is 197 Å². The number of unbranched alkanes of at least 4 members (excludes halogenated alkanes) is 1. The summed E-state index contributed by atoms with van der Waals surface area (Å²) in [5, 5.41) is 3.50. The Hall–Kier alpha value is -3.44. The standard InChI is InChI=1S/C28H31N3O2/c1-5-7-11-22-16-20-17-23(33-4)13-14-24(20)28(31(22)27(32)6-2)19-12-15-25(26(18-19)29-3)30-21-9-8-10-21/h2,12-15,17-18,21-22,28,30H,5,7-11,16H2,1,4H3/t22-,28-/m0/s1. The van der Waals surface area contributed by atoms with Crippen molar-refractivity contribution in [1.29, 1.82) is 0 Å². The average molecular weight is 442 g/mol. The molecule has 1 saturated carbocycles. The molecule has 0 unspecified atom stereocenters. The lowest BCUT2D eigenvalue weighted by Crippen LogP contribution is -2.47. The van der Waals surface area contributed by atoms with E-state index in [1.165, 1.54) is 12.0 Å². The topological polar surface area (TPSA) is 45.9 Å². The molecule has 5 nitrogen and oxygen atoms in total. The minimum Gasteiger partial charge on any atom is -0.497 e. The van der Waals surface area contributed by atoms with Crippen LogP contribution in [-0.4, -0.2) is 30.0 Å². The third kappa shape index (κ3) is 4.55. The van der Waals surface area contributed by atoms with Crippen molar-refractivity contribution in [2.45, 2.75) is 70.0 Å². The van der Waals surface area contributed by atoms with E-state index in [1.54, 1.807) is 7.11 Å². The molecular weight excluding hydrogens is 410 g/mol. The summed E-state index contributed by atoms with van der Waals surface area (Å²) in [7, 11) is 1.67. The highest BCUT2D eigenvalue weighted by molar-refractivity contribution is 5.94. The highest BCUT2D eigenvalue weighted by atomic mass is 16.5. The summed E-state index contributed by atoms with van der Waals surface area (Å²) < 4.78 is 5.48. The molecule has 1 aliphatic carbocycles. The summed E-state index contributed by atoms with van der Waals surface area (Å²) in [5.41, 5.74) is 4.57. The fourth-order valence-electron chi connectivity index (χ4n) is 4.95. The van der Waals surface area contributed by atoms with Gasteiger partial charge in [-0.15, -0.1) is 6.42 Å². The second-order valence-electron chi connectivity index (χ2n) is 8.98. The Kier molecular flexibility index (Phi) is 6.90. The molecule has 0 saturated heterocycles. The third-order valence-electron chi connectivity index (χ3n) is 6.94. The van der Waals surface area contributed by atoms with Crippen LogP contribution in [0, 0.1) is 18.9 Å². The van der Waals surface area contributed by atoms with Crippen molar-refractivity contribution < 1.29 is 9.53 Å². The molecule has 2 aromatic carbocycles. The van der Waals surface area contributed by atoms with E-state index >= 15 is 0 Å². The summed E-state index contributed by atoms with van der Waals surface area (Å²) in [6.45, 7) is 9.92. The molecule has 2 aliphatic rings. The number of nitrogens with one attached hydrogen (secondary N) is 1. The zero-order chi connectivity index (χ0) is 23.4. The van der Waals surface area contributed by atoms with Crippen LogP contribution in [0.5, 0.6) is 5.75 Å². The van der Waals surface area contributed by atoms with Crippen LogP contribution < -0.4 is 10.1 Å². The largest absolute Gasteiger partial charge is 0.497 e. The predicted octanol–water partition coefficient (Wildman–Crippen LogP) is 5.88. The van der Waals surface area contributed by atoms with Gasteiger partial charge < -0.3 is 15.0 Å². The second kappa shape index (κ2) is 10.0. The van der Waals surface area contributed by atoms with E-state index in [1.807, 2.05) is 35.2 Å². The quantitative estimate of drug-likeness (QED) is 0.431. The van der Waals surface area contributed by atoms with Gasteiger partial charge in [-0.1, -0.05) is 31.9 Å². The zero-order valence-electron chi connectivity index (χ0n) is 19.4. The number of methoxy groups -OCH3 is 1. The number of fused-ring (bicyclic) bond motifs is 1. The van der Waals surface area contributed by atoms with Crippen molar-refractivity contribution in [2.75, 3.05) is 12.4 Å². The van der Waals surface area contributed by atoms with Gasteiger partial charge in [-0.05, 0) is 79.0 Å². The van der Waals surface area contributed by atoms with Crippen molar-refractivity contribution in [3.05, 3.63) is 64.5 Å². The number of carbonyl (C=O) groups is 1. The summed E-state index contributed by atoms with van der Waals surface area (Å²) in [6.07, 6.45) is 12.8. The van der Waals surface area contributed by atoms with Gasteiger partial charge in [-0.2, -0.15) is 0 Å². The maximum absolute atomic E-state index is 13.1. The third-order valence-corrected chi connectivity index (χ3v) is 6.94. The number of terminal acetylenes is 1. The average Bonchev–Trinajstić information content (AvgIpc) is 2.83. The molecule has 170 valence electrons. The molecule has 5 heteroatoms. The van der Waals surface area contributed by atoms with Crippen molar-refractivity contribution >= 4 is 17.3 Å². The van der Waals surface area contributed by atoms with Gasteiger partial charge in [-0.25, -0.2) is 4.85 Å². The number of rotatable bonds is 7. The summed E-state index contributed by atoms with van der Waals surface area (Å²) >= 11 is 0. The molecule has 1 aliphatic heterocycles. The molecule has 0 radical (unpaired) electrons. The number of amides is 1. The highest BCUT2D eigenvalue weighted by Crippen LogP contribution is 2.43. The summed E-state index contributed by atoms with van der Waals surface area (Å²) in [5.74, 6) is 2.87. The molecule has 1 N–H and O–H groups in total. The van der Waals surface area contributed by atoms with Crippen LogP contribution >= 0.6 is 0 Å². The van der Waals surface area contributed by atoms with E-state index in [2.05, 4.69) is 29.1 Å². The van der Waals surface area contributed by atoms with Crippen LogP contribution in [0.1, 0.15) is 68.2 Å². The molecule has 0 bridgehead atoms. The van der Waals surface area contributed by atoms with Gasteiger partial charge in [0.05, 0.1) is 19.7 Å². The zero-order valence-corrected chi connectivity index (χ0v) is 19.4. The van der Waals surface area contributed by atoms with E-state index in [-0.39, 0.29) is 18.0 Å². The van der Waals surface area contributed by atoms with Crippen LogP contribution in [0.25, 0.3) is 4.85 Å². The predicted molar refractivity (Wildman–Crippen MR) is 131 cm³/mol. The van der Waals surface area contributed by atoms with Gasteiger partial charge in [-0.3, -0.25) is 4.79 Å². The number of carbonyl (C=O) groups excluding carboxylic acids is 1. The van der Waals surface area contributed by atoms with Gasteiger partial charge in [0.15, 0.2) is 0 Å². The van der Waals surface area contributed by atoms with Crippen molar-refractivity contribution in [3.63, 3.8) is 0 Å². The van der Waals surface area contributed by atoms with Crippen LogP contribution in [0.3, 0.4) is 0 Å². The summed E-state index contributed by atoms with van der Waals surface area (Å²) in [6, 6.07) is 12.1. The molecule has 1 amide bonds. The van der Waals surface area contributed by atoms with Gasteiger partial charge in [0.2, 0.25) is 5.69 Å². The first-order chi connectivity index (χ1) is 16.1. The van der Waals surface area contributed by atoms with Crippen molar-refractivity contribution in [1.82, 2.24) is 4.90 Å². The Balaban J connectivity index is 1.81. The molecule has 2 aromatic rings. The van der Waals surface area contributed by atoms with Crippen LogP contribution in [0.2, 0.25) is 0 Å². The number of ether oxygens (including phenoxy) is 1. The normalized spacial score (nSPS) is 19.6. The van der Waals surface area contributed by atoms with Crippen molar-refractivity contribution in [2.24, 2.45) is 0 Å². The smallest absolute Gasteiger partial charge is 0.299 e. The number of hydrogen-bond donors (Lipinski definition) is 1. The molecule has 4 rings (SSSR count). The molecule has 0 aromatic heterocycles. The molecule has 33 heavy (non-hydrogen) atoms. The van der Waals surface area contributed by atoms with Crippen LogP contribution in [0.4, 0.5) is 11.4 Å². The van der Waals surface area contributed by atoms with E-state index in [4.69, 9.17) is 17.7 Å². The lowest BCUT2D eigenvalue weighted by Gasteiger charge is -2.43. The van der Waals surface area contributed by atoms with E-state index in [9.17, 15) is 4.79 Å². The highest BCUT2D eigenvalue weighted by Gasteiger charge is 2.38. The van der Waals surface area contributed by atoms with Gasteiger partial charge in [0.25, 0.3) is 5.91 Å². The Bertz CT molecular complexity index is 1110. The molecular formula is C28H31N3O2. The minimum atomic E-state index is -0.330. The molecule has 0 spiro atoms. The molecule has 1 heterocycles. The Morgan fingerprint density at radius 2 is 2.12 bits per heavy atom. The lowest BCUT2D eigenvalue weighted by atomic mass is 9.82. The first kappa shape index (κ1) is 22.7. The van der Waals surface area contributed by atoms with E-state index in [0.29, 0.717) is 11.7 Å². The number of hydrogen-bond acceptors (Lipinski definition) is 3. The maximum Gasteiger partial charge on any atom is 0.299 e. The first-order valence-electron chi connectivity index (χ1n) is 11.8. The van der Waals surface area contributed by atoms with Crippen molar-refractivity contribution in [3.8, 4) is 18.1 Å². The number of benzene rings is 2. The number of anilines is 1. The monoisotopic (exact) mass is 441 g/mol. The van der Waals surface area contributed by atoms with Gasteiger partial charge >= 0.3 is 0 Å². The van der Waals surface area contributed by atoms with Gasteiger partial charge in [0.1, 0.15) is 5.75 Å².